The Morgan fingerprint density at radius 2 is 1.89 bits per heavy atom. The topological polar surface area (TPSA) is 0 Å². The molecule has 1 aromatic rings. The van der Waals surface area contributed by atoms with E-state index in [2.05, 4.69) is 69.3 Å². The van der Waals surface area contributed by atoms with E-state index in [1.54, 1.807) is 5.57 Å². The summed E-state index contributed by atoms with van der Waals surface area (Å²) < 4.78 is 0. The minimum atomic E-state index is 0.172. The van der Waals surface area contributed by atoms with Crippen molar-refractivity contribution in [2.24, 2.45) is 5.92 Å². The summed E-state index contributed by atoms with van der Waals surface area (Å²) in [6, 6.07) is 11.0. The molecule has 0 N–H and O–H groups in total. The number of hydrogen-bond acceptors (Lipinski definition) is 0. The van der Waals surface area contributed by atoms with Crippen molar-refractivity contribution < 1.29 is 0 Å². The van der Waals surface area contributed by atoms with Gasteiger partial charge in [-0.2, -0.15) is 0 Å². The van der Waals surface area contributed by atoms with E-state index >= 15 is 0 Å². The molecule has 2 atom stereocenters. The summed E-state index contributed by atoms with van der Waals surface area (Å²) in [6.45, 7) is 7.00. The maximum atomic E-state index is 2.40. The molecule has 2 rings (SSSR count). The van der Waals surface area contributed by atoms with Crippen molar-refractivity contribution in [2.75, 3.05) is 0 Å². The first-order chi connectivity index (χ1) is 8.69. The third-order valence-corrected chi connectivity index (χ3v) is 4.45. The van der Waals surface area contributed by atoms with Crippen LogP contribution in [0.5, 0.6) is 0 Å². The Morgan fingerprint density at radius 1 is 1.17 bits per heavy atom. The predicted octanol–water partition coefficient (Wildman–Crippen LogP) is 5.27. The smallest absolute Gasteiger partial charge is 0.0196 e. The summed E-state index contributed by atoms with van der Waals surface area (Å²) in [5, 5.41) is 0. The van der Waals surface area contributed by atoms with Gasteiger partial charge in [0.1, 0.15) is 0 Å². The van der Waals surface area contributed by atoms with Crippen LogP contribution in [-0.2, 0) is 5.41 Å². The molecule has 1 aliphatic rings. The second kappa shape index (κ2) is 5.56. The quantitative estimate of drug-likeness (QED) is 0.673. The van der Waals surface area contributed by atoms with Gasteiger partial charge in [0.2, 0.25) is 0 Å². The van der Waals surface area contributed by atoms with Crippen LogP contribution < -0.4 is 0 Å². The van der Waals surface area contributed by atoms with Crippen LogP contribution in [0.25, 0.3) is 0 Å². The number of rotatable bonds is 4. The molecule has 0 radical (unpaired) electrons. The van der Waals surface area contributed by atoms with Crippen LogP contribution in [0.4, 0.5) is 0 Å². The molecule has 0 aromatic heterocycles. The molecule has 0 nitrogen and oxygen atoms in total. The second-order valence-corrected chi connectivity index (χ2v) is 5.54. The van der Waals surface area contributed by atoms with Gasteiger partial charge in [-0.05, 0) is 24.3 Å². The predicted molar refractivity (Wildman–Crippen MR) is 79.7 cm³/mol. The van der Waals surface area contributed by atoms with Gasteiger partial charge in [-0.3, -0.25) is 0 Å². The van der Waals surface area contributed by atoms with Gasteiger partial charge in [-0.15, -0.1) is 0 Å². The third-order valence-electron chi connectivity index (χ3n) is 4.45. The average molecular weight is 240 g/mol. The van der Waals surface area contributed by atoms with E-state index in [-0.39, 0.29) is 5.41 Å². The van der Waals surface area contributed by atoms with Gasteiger partial charge < -0.3 is 0 Å². The monoisotopic (exact) mass is 240 g/mol. The lowest BCUT2D eigenvalue weighted by Gasteiger charge is -2.39. The fourth-order valence-electron chi connectivity index (χ4n) is 2.94. The van der Waals surface area contributed by atoms with Crippen LogP contribution in [-0.4, -0.2) is 0 Å². The van der Waals surface area contributed by atoms with Crippen molar-refractivity contribution in [1.29, 1.82) is 0 Å². The van der Waals surface area contributed by atoms with Crippen molar-refractivity contribution in [3.63, 3.8) is 0 Å². The van der Waals surface area contributed by atoms with Crippen molar-refractivity contribution in [3.05, 3.63) is 59.7 Å². The lowest BCUT2D eigenvalue weighted by Crippen LogP contribution is -2.33. The zero-order valence-electron chi connectivity index (χ0n) is 11.8. The molecule has 0 heterocycles. The zero-order chi connectivity index (χ0) is 13.0. The fourth-order valence-corrected chi connectivity index (χ4v) is 2.94. The first-order valence-corrected chi connectivity index (χ1v) is 7.13. The highest BCUT2D eigenvalue weighted by molar-refractivity contribution is 5.42. The van der Waals surface area contributed by atoms with Crippen LogP contribution in [0.2, 0.25) is 0 Å². The summed E-state index contributed by atoms with van der Waals surface area (Å²) in [7, 11) is 0. The maximum absolute atomic E-state index is 2.40. The largest absolute Gasteiger partial charge is 0.0805 e. The SMILES string of the molecule is CCCCC1=CC=CC(C)C1(C)c1ccccc1. The molecule has 0 saturated heterocycles. The Hall–Kier alpha value is -1.30. The molecule has 0 fully saturated rings. The highest BCUT2D eigenvalue weighted by Crippen LogP contribution is 2.43. The molecule has 18 heavy (non-hydrogen) atoms. The third kappa shape index (κ3) is 2.29. The highest BCUT2D eigenvalue weighted by atomic mass is 14.4. The molecule has 2 unspecified atom stereocenters. The van der Waals surface area contributed by atoms with Gasteiger partial charge in [0.15, 0.2) is 0 Å². The fraction of sp³-hybridized carbons (Fsp3) is 0.444. The van der Waals surface area contributed by atoms with E-state index in [4.69, 9.17) is 0 Å². The zero-order valence-corrected chi connectivity index (χ0v) is 11.8. The molecule has 96 valence electrons. The number of benzene rings is 1. The first kappa shape index (κ1) is 13.1. The minimum absolute atomic E-state index is 0.172. The number of allylic oxidation sites excluding steroid dienone is 4. The molecule has 0 heteroatoms. The maximum Gasteiger partial charge on any atom is 0.0196 e. The van der Waals surface area contributed by atoms with Crippen LogP contribution >= 0.6 is 0 Å². The van der Waals surface area contributed by atoms with Gasteiger partial charge >= 0.3 is 0 Å². The lowest BCUT2D eigenvalue weighted by atomic mass is 9.64. The Balaban J connectivity index is 2.37. The number of hydrogen-bond donors (Lipinski definition) is 0. The van der Waals surface area contributed by atoms with Crippen molar-refractivity contribution in [2.45, 2.75) is 45.4 Å². The van der Waals surface area contributed by atoms with Crippen LogP contribution in [0.1, 0.15) is 45.6 Å². The Morgan fingerprint density at radius 3 is 2.56 bits per heavy atom. The summed E-state index contributed by atoms with van der Waals surface area (Å²) in [4.78, 5) is 0. The Labute approximate surface area is 111 Å². The van der Waals surface area contributed by atoms with Crippen LogP contribution in [0.3, 0.4) is 0 Å². The minimum Gasteiger partial charge on any atom is -0.0805 e. The van der Waals surface area contributed by atoms with Crippen molar-refractivity contribution in [1.82, 2.24) is 0 Å². The van der Waals surface area contributed by atoms with Crippen LogP contribution in [0.15, 0.2) is 54.1 Å². The highest BCUT2D eigenvalue weighted by Gasteiger charge is 2.36. The van der Waals surface area contributed by atoms with E-state index in [1.807, 2.05) is 0 Å². The van der Waals surface area contributed by atoms with Gasteiger partial charge in [-0.25, -0.2) is 0 Å². The molecular weight excluding hydrogens is 216 g/mol. The lowest BCUT2D eigenvalue weighted by molar-refractivity contribution is 0.413. The van der Waals surface area contributed by atoms with E-state index < -0.39 is 0 Å². The Bertz CT molecular complexity index is 438. The normalized spacial score (nSPS) is 27.1. The summed E-state index contributed by atoms with van der Waals surface area (Å²) in [6.07, 6.45) is 10.7. The molecule has 1 aliphatic carbocycles. The van der Waals surface area contributed by atoms with E-state index in [0.717, 1.165) is 0 Å². The average Bonchev–Trinajstić information content (AvgIpc) is 2.41. The van der Waals surface area contributed by atoms with Gasteiger partial charge in [0, 0.05) is 5.41 Å². The summed E-state index contributed by atoms with van der Waals surface area (Å²) in [5.41, 5.74) is 3.21. The molecule has 0 amide bonds. The van der Waals surface area contributed by atoms with Gasteiger partial charge in [-0.1, -0.05) is 81.3 Å². The molecular formula is C18H24. The van der Waals surface area contributed by atoms with Crippen molar-refractivity contribution >= 4 is 0 Å². The van der Waals surface area contributed by atoms with E-state index in [1.165, 1.54) is 24.8 Å². The van der Waals surface area contributed by atoms with Crippen molar-refractivity contribution in [3.8, 4) is 0 Å². The number of unbranched alkanes of at least 4 members (excludes halogenated alkanes) is 1. The van der Waals surface area contributed by atoms with Crippen LogP contribution in [0, 0.1) is 5.92 Å². The molecule has 0 spiro atoms. The summed E-state index contributed by atoms with van der Waals surface area (Å²) in [5.74, 6) is 0.566. The first-order valence-electron chi connectivity index (χ1n) is 7.13. The summed E-state index contributed by atoms with van der Waals surface area (Å²) >= 11 is 0. The van der Waals surface area contributed by atoms with E-state index in [0.29, 0.717) is 5.92 Å². The standard InChI is InChI=1S/C18H24/c1-4-5-11-16-14-9-10-15(2)18(16,3)17-12-7-6-8-13-17/h6-10,12-15H,4-5,11H2,1-3H3. The Kier molecular flexibility index (Phi) is 4.06. The van der Waals surface area contributed by atoms with E-state index in [9.17, 15) is 0 Å². The molecule has 0 saturated carbocycles. The molecule has 0 bridgehead atoms. The molecule has 0 aliphatic heterocycles. The van der Waals surface area contributed by atoms with Gasteiger partial charge in [0.05, 0.1) is 0 Å². The molecule has 1 aromatic carbocycles. The van der Waals surface area contributed by atoms with Gasteiger partial charge in [0.25, 0.3) is 0 Å². The second-order valence-electron chi connectivity index (χ2n) is 5.54.